The van der Waals surface area contributed by atoms with Crippen molar-refractivity contribution in [2.75, 3.05) is 24.6 Å². The highest BCUT2D eigenvalue weighted by Crippen LogP contribution is 2.35. The third-order valence-corrected chi connectivity index (χ3v) is 4.72. The van der Waals surface area contributed by atoms with Crippen molar-refractivity contribution in [1.82, 2.24) is 4.98 Å². The predicted molar refractivity (Wildman–Crippen MR) is 90.0 cm³/mol. The Labute approximate surface area is 141 Å². The number of rotatable bonds is 4. The van der Waals surface area contributed by atoms with E-state index in [9.17, 15) is 9.50 Å². The maximum atomic E-state index is 14.0. The molecule has 1 aromatic heterocycles. The van der Waals surface area contributed by atoms with Crippen LogP contribution in [-0.4, -0.2) is 29.8 Å². The minimum absolute atomic E-state index is 0.00419. The van der Waals surface area contributed by atoms with Crippen molar-refractivity contribution in [3.63, 3.8) is 0 Å². The van der Waals surface area contributed by atoms with Gasteiger partial charge in [0.25, 0.3) is 0 Å². The van der Waals surface area contributed by atoms with Crippen LogP contribution in [0.3, 0.4) is 0 Å². The number of pyridine rings is 1. The fourth-order valence-electron chi connectivity index (χ4n) is 3.44. The van der Waals surface area contributed by atoms with Gasteiger partial charge in [-0.15, -0.1) is 0 Å². The van der Waals surface area contributed by atoms with Crippen LogP contribution >= 0.6 is 0 Å². The van der Waals surface area contributed by atoms with Crippen LogP contribution in [0.5, 0.6) is 0 Å². The van der Waals surface area contributed by atoms with Crippen molar-refractivity contribution in [2.45, 2.75) is 19.3 Å². The van der Waals surface area contributed by atoms with Gasteiger partial charge in [0.05, 0.1) is 18.2 Å². The van der Waals surface area contributed by atoms with E-state index in [0.717, 1.165) is 25.2 Å². The molecule has 2 aromatic rings. The Balaban J connectivity index is 1.84. The quantitative estimate of drug-likeness (QED) is 0.939. The van der Waals surface area contributed by atoms with Crippen LogP contribution in [0.2, 0.25) is 0 Å². The Bertz CT molecular complexity index is 758. The highest BCUT2D eigenvalue weighted by molar-refractivity contribution is 5.45. The summed E-state index contributed by atoms with van der Waals surface area (Å²) in [7, 11) is 0. The van der Waals surface area contributed by atoms with E-state index in [1.807, 2.05) is 6.07 Å². The van der Waals surface area contributed by atoms with Gasteiger partial charge >= 0.3 is 0 Å². The van der Waals surface area contributed by atoms with Gasteiger partial charge < -0.3 is 10.0 Å². The monoisotopic (exact) mass is 325 g/mol. The van der Waals surface area contributed by atoms with Crippen molar-refractivity contribution in [2.24, 2.45) is 5.41 Å². The third-order valence-electron chi connectivity index (χ3n) is 4.72. The molecule has 0 aliphatic carbocycles. The van der Waals surface area contributed by atoms with Crippen LogP contribution in [-0.2, 0) is 6.42 Å². The molecule has 1 N–H and O–H groups in total. The fourth-order valence-corrected chi connectivity index (χ4v) is 3.44. The fraction of sp³-hybridized carbons (Fsp3) is 0.368. The van der Waals surface area contributed by atoms with E-state index >= 15 is 0 Å². The molecule has 1 aliphatic heterocycles. The number of halogens is 1. The minimum atomic E-state index is -0.398. The molecule has 24 heavy (non-hydrogen) atoms. The summed E-state index contributed by atoms with van der Waals surface area (Å²) in [5.41, 5.74) is 0.798. The first-order valence-electron chi connectivity index (χ1n) is 8.11. The molecule has 1 saturated heterocycles. The van der Waals surface area contributed by atoms with Gasteiger partial charge in [0.2, 0.25) is 0 Å². The highest BCUT2D eigenvalue weighted by atomic mass is 19.1. The lowest BCUT2D eigenvalue weighted by Crippen LogP contribution is -2.47. The lowest BCUT2D eigenvalue weighted by atomic mass is 9.75. The maximum Gasteiger partial charge on any atom is 0.129 e. The molecule has 5 heteroatoms. The zero-order chi connectivity index (χ0) is 17.0. The average molecular weight is 325 g/mol. The minimum Gasteiger partial charge on any atom is -0.396 e. The van der Waals surface area contributed by atoms with E-state index in [1.54, 1.807) is 30.5 Å². The second kappa shape index (κ2) is 6.98. The van der Waals surface area contributed by atoms with Crippen LogP contribution in [0.25, 0.3) is 0 Å². The molecule has 0 spiro atoms. The Hall–Kier alpha value is -2.45. The van der Waals surface area contributed by atoms with Crippen LogP contribution in [0, 0.1) is 22.6 Å². The predicted octanol–water partition coefficient (Wildman–Crippen LogP) is 2.91. The number of nitrogens with zero attached hydrogens (tertiary/aromatic N) is 3. The van der Waals surface area contributed by atoms with Crippen LogP contribution in [0.4, 0.5) is 10.2 Å². The summed E-state index contributed by atoms with van der Waals surface area (Å²) in [6.45, 7) is 1.41. The van der Waals surface area contributed by atoms with Gasteiger partial charge in [-0.05, 0) is 43.0 Å². The van der Waals surface area contributed by atoms with E-state index in [2.05, 4.69) is 16.0 Å². The Morgan fingerprint density at radius 3 is 2.92 bits per heavy atom. The molecule has 4 nitrogen and oxygen atoms in total. The van der Waals surface area contributed by atoms with Gasteiger partial charge in [0.15, 0.2) is 0 Å². The van der Waals surface area contributed by atoms with Crippen molar-refractivity contribution in [3.8, 4) is 6.07 Å². The summed E-state index contributed by atoms with van der Waals surface area (Å²) in [4.78, 5) is 6.44. The van der Waals surface area contributed by atoms with E-state index in [-0.39, 0.29) is 12.4 Å². The zero-order valence-electron chi connectivity index (χ0n) is 13.5. The summed E-state index contributed by atoms with van der Waals surface area (Å²) >= 11 is 0. The Kier molecular flexibility index (Phi) is 4.77. The maximum absolute atomic E-state index is 14.0. The van der Waals surface area contributed by atoms with E-state index in [4.69, 9.17) is 5.26 Å². The van der Waals surface area contributed by atoms with Crippen molar-refractivity contribution < 1.29 is 9.50 Å². The van der Waals surface area contributed by atoms with Gasteiger partial charge in [-0.3, -0.25) is 0 Å². The molecular weight excluding hydrogens is 305 g/mol. The lowest BCUT2D eigenvalue weighted by Gasteiger charge is -2.42. The van der Waals surface area contributed by atoms with Gasteiger partial charge in [-0.2, -0.15) is 5.26 Å². The molecule has 0 bridgehead atoms. The molecule has 3 rings (SSSR count). The molecule has 1 aromatic carbocycles. The molecule has 0 saturated carbocycles. The number of aliphatic hydroxyl groups excluding tert-OH is 1. The standard InChI is InChI=1S/C19H20FN3O/c20-17-5-2-1-4-16(17)11-19(14-24)7-3-9-23(13-19)18-10-15(12-21)6-8-22-18/h1-2,4-6,8,10,24H,3,7,9,11,13-14H2. The first kappa shape index (κ1) is 16.4. The number of aliphatic hydroxyl groups is 1. The van der Waals surface area contributed by atoms with Crippen molar-refractivity contribution in [3.05, 3.63) is 59.5 Å². The molecule has 124 valence electrons. The van der Waals surface area contributed by atoms with Crippen LogP contribution in [0.15, 0.2) is 42.6 Å². The summed E-state index contributed by atoms with van der Waals surface area (Å²) in [5.74, 6) is 0.507. The van der Waals surface area contributed by atoms with E-state index in [1.165, 1.54) is 6.07 Å². The normalized spacial score (nSPS) is 20.6. The second-order valence-corrected chi connectivity index (χ2v) is 6.47. The molecule has 1 aliphatic rings. The Morgan fingerprint density at radius 2 is 2.17 bits per heavy atom. The van der Waals surface area contributed by atoms with Gasteiger partial charge in [-0.25, -0.2) is 9.37 Å². The second-order valence-electron chi connectivity index (χ2n) is 6.47. The molecular formula is C19H20FN3O. The van der Waals surface area contributed by atoms with Crippen molar-refractivity contribution >= 4 is 5.82 Å². The summed E-state index contributed by atoms with van der Waals surface area (Å²) in [6.07, 6.45) is 3.85. The summed E-state index contributed by atoms with van der Waals surface area (Å²) in [5, 5.41) is 19.1. The third kappa shape index (κ3) is 3.39. The van der Waals surface area contributed by atoms with E-state index in [0.29, 0.717) is 24.1 Å². The summed E-state index contributed by atoms with van der Waals surface area (Å²) < 4.78 is 14.0. The van der Waals surface area contributed by atoms with Crippen LogP contribution < -0.4 is 4.90 Å². The molecule has 0 radical (unpaired) electrons. The number of piperidine rings is 1. The lowest BCUT2D eigenvalue weighted by molar-refractivity contribution is 0.104. The molecule has 1 fully saturated rings. The smallest absolute Gasteiger partial charge is 0.129 e. The number of hydrogen-bond donors (Lipinski definition) is 1. The molecule has 1 unspecified atom stereocenters. The number of anilines is 1. The molecule has 0 amide bonds. The van der Waals surface area contributed by atoms with Crippen LogP contribution in [0.1, 0.15) is 24.0 Å². The largest absolute Gasteiger partial charge is 0.396 e. The number of hydrogen-bond acceptors (Lipinski definition) is 4. The number of aromatic nitrogens is 1. The van der Waals surface area contributed by atoms with Gasteiger partial charge in [0.1, 0.15) is 11.6 Å². The van der Waals surface area contributed by atoms with Gasteiger partial charge in [0, 0.05) is 24.7 Å². The zero-order valence-corrected chi connectivity index (χ0v) is 13.5. The van der Waals surface area contributed by atoms with E-state index < -0.39 is 5.41 Å². The number of nitriles is 1. The molecule has 2 heterocycles. The first-order chi connectivity index (χ1) is 11.7. The Morgan fingerprint density at radius 1 is 1.33 bits per heavy atom. The van der Waals surface area contributed by atoms with Gasteiger partial charge in [-0.1, -0.05) is 18.2 Å². The first-order valence-corrected chi connectivity index (χ1v) is 8.11. The van der Waals surface area contributed by atoms with Crippen molar-refractivity contribution in [1.29, 1.82) is 5.26 Å². The summed E-state index contributed by atoms with van der Waals surface area (Å²) in [6, 6.07) is 12.3. The topological polar surface area (TPSA) is 60.2 Å². The average Bonchev–Trinajstić information content (AvgIpc) is 2.64. The highest BCUT2D eigenvalue weighted by Gasteiger charge is 2.36. The molecule has 1 atom stereocenters. The SMILES string of the molecule is N#Cc1ccnc(N2CCCC(CO)(Cc3ccccc3F)C2)c1. The number of benzene rings is 1.